The molecule has 90 valence electrons. The van der Waals surface area contributed by atoms with Gasteiger partial charge >= 0.3 is 0 Å². The van der Waals surface area contributed by atoms with Crippen LogP contribution in [-0.4, -0.2) is 48.5 Å². The van der Waals surface area contributed by atoms with Gasteiger partial charge in [0.15, 0.2) is 0 Å². The molecule has 1 rings (SSSR count). The molecular formula is C9H19BrN2O2S. The zero-order valence-electron chi connectivity index (χ0n) is 9.32. The second-order valence-corrected chi connectivity index (χ2v) is 6.62. The molecule has 0 spiro atoms. The van der Waals surface area contributed by atoms with Crippen molar-refractivity contribution in [3.05, 3.63) is 0 Å². The van der Waals surface area contributed by atoms with Crippen LogP contribution in [0, 0.1) is 0 Å². The highest BCUT2D eigenvalue weighted by Gasteiger charge is 2.30. The molecule has 1 unspecified atom stereocenters. The summed E-state index contributed by atoms with van der Waals surface area (Å²) in [6.07, 6.45) is 3.11. The van der Waals surface area contributed by atoms with Gasteiger partial charge in [-0.1, -0.05) is 22.4 Å². The van der Waals surface area contributed by atoms with Gasteiger partial charge in [-0.2, -0.15) is 17.0 Å². The van der Waals surface area contributed by atoms with Crippen LogP contribution in [0.25, 0.3) is 0 Å². The molecule has 0 saturated carbocycles. The molecule has 0 N–H and O–H groups in total. The van der Waals surface area contributed by atoms with E-state index in [2.05, 4.69) is 15.9 Å². The summed E-state index contributed by atoms with van der Waals surface area (Å²) in [6, 6.07) is -0.00285. The molecule has 15 heavy (non-hydrogen) atoms. The summed E-state index contributed by atoms with van der Waals surface area (Å²) < 4.78 is 27.3. The summed E-state index contributed by atoms with van der Waals surface area (Å²) in [5.74, 6) is 0. The fourth-order valence-corrected chi connectivity index (χ4v) is 3.84. The van der Waals surface area contributed by atoms with E-state index in [9.17, 15) is 8.42 Å². The topological polar surface area (TPSA) is 40.6 Å². The first-order valence-corrected chi connectivity index (χ1v) is 7.81. The standard InChI is InChI=1S/C9H19BrN2O2S/c1-9(8-10)11(2)15(13,14)12-6-4-3-5-7-12/h9H,3-8H2,1-2H3. The second-order valence-electron chi connectivity index (χ2n) is 3.99. The van der Waals surface area contributed by atoms with Gasteiger partial charge in [0.25, 0.3) is 10.2 Å². The second kappa shape index (κ2) is 5.61. The van der Waals surface area contributed by atoms with Crippen molar-refractivity contribution in [2.75, 3.05) is 25.5 Å². The summed E-state index contributed by atoms with van der Waals surface area (Å²) in [4.78, 5) is 0. The van der Waals surface area contributed by atoms with Crippen molar-refractivity contribution in [1.29, 1.82) is 0 Å². The van der Waals surface area contributed by atoms with Crippen molar-refractivity contribution in [1.82, 2.24) is 8.61 Å². The molecule has 1 saturated heterocycles. The molecule has 6 heteroatoms. The van der Waals surface area contributed by atoms with E-state index in [1.165, 1.54) is 4.31 Å². The predicted octanol–water partition coefficient (Wildman–Crippen LogP) is 1.43. The lowest BCUT2D eigenvalue weighted by molar-refractivity contribution is 0.303. The Hall–Kier alpha value is 0.350. The van der Waals surface area contributed by atoms with Crippen LogP contribution >= 0.6 is 15.9 Å². The fourth-order valence-electron chi connectivity index (χ4n) is 1.60. The summed E-state index contributed by atoms with van der Waals surface area (Å²) in [5.41, 5.74) is 0. The molecular weight excluding hydrogens is 280 g/mol. The van der Waals surface area contributed by atoms with Crippen LogP contribution in [0.4, 0.5) is 0 Å². The Bertz CT molecular complexity index is 280. The van der Waals surface area contributed by atoms with E-state index >= 15 is 0 Å². The molecule has 0 aliphatic carbocycles. The smallest absolute Gasteiger partial charge is 0.195 e. The number of halogens is 1. The monoisotopic (exact) mass is 298 g/mol. The van der Waals surface area contributed by atoms with Crippen LogP contribution in [0.2, 0.25) is 0 Å². The van der Waals surface area contributed by atoms with Crippen LogP contribution in [0.1, 0.15) is 26.2 Å². The molecule has 1 aliphatic rings. The first-order valence-electron chi connectivity index (χ1n) is 5.29. The first-order chi connectivity index (χ1) is 7.00. The average Bonchev–Trinajstić information content (AvgIpc) is 2.28. The Labute approximate surface area is 101 Å². The SMILES string of the molecule is CC(CBr)N(C)S(=O)(=O)N1CCCCC1. The van der Waals surface area contributed by atoms with E-state index in [4.69, 9.17) is 0 Å². The minimum Gasteiger partial charge on any atom is -0.195 e. The van der Waals surface area contributed by atoms with Crippen LogP contribution in [0.5, 0.6) is 0 Å². The Kier molecular flexibility index (Phi) is 5.02. The summed E-state index contributed by atoms with van der Waals surface area (Å²) >= 11 is 3.31. The zero-order valence-corrected chi connectivity index (χ0v) is 11.7. The quantitative estimate of drug-likeness (QED) is 0.737. The molecule has 0 aromatic carbocycles. The van der Waals surface area contributed by atoms with Crippen LogP contribution in [-0.2, 0) is 10.2 Å². The number of rotatable bonds is 4. The van der Waals surface area contributed by atoms with Gasteiger partial charge in [0.2, 0.25) is 0 Å². The van der Waals surface area contributed by atoms with Crippen molar-refractivity contribution in [2.24, 2.45) is 0 Å². The molecule has 1 fully saturated rings. The molecule has 0 aromatic heterocycles. The van der Waals surface area contributed by atoms with Crippen LogP contribution < -0.4 is 0 Å². The van der Waals surface area contributed by atoms with Gasteiger partial charge in [-0.25, -0.2) is 0 Å². The van der Waals surface area contributed by atoms with Crippen molar-refractivity contribution in [2.45, 2.75) is 32.2 Å². The molecule has 0 aromatic rings. The lowest BCUT2D eigenvalue weighted by Gasteiger charge is -2.32. The lowest BCUT2D eigenvalue weighted by Crippen LogP contribution is -2.47. The number of hydrogen-bond acceptors (Lipinski definition) is 2. The average molecular weight is 299 g/mol. The van der Waals surface area contributed by atoms with E-state index < -0.39 is 10.2 Å². The Morgan fingerprint density at radius 3 is 2.33 bits per heavy atom. The normalized spacial score (nSPS) is 21.9. The van der Waals surface area contributed by atoms with Crippen molar-refractivity contribution in [3.63, 3.8) is 0 Å². The maximum Gasteiger partial charge on any atom is 0.281 e. The summed E-state index contributed by atoms with van der Waals surface area (Å²) in [7, 11) is -1.59. The van der Waals surface area contributed by atoms with Crippen molar-refractivity contribution >= 4 is 26.1 Å². The third-order valence-electron chi connectivity index (χ3n) is 2.85. The van der Waals surface area contributed by atoms with Crippen molar-refractivity contribution in [3.8, 4) is 0 Å². The third-order valence-corrected chi connectivity index (χ3v) is 5.89. The van der Waals surface area contributed by atoms with E-state index in [0.29, 0.717) is 18.4 Å². The Morgan fingerprint density at radius 1 is 1.33 bits per heavy atom. The van der Waals surface area contributed by atoms with E-state index in [1.807, 2.05) is 6.92 Å². The number of nitrogens with zero attached hydrogens (tertiary/aromatic N) is 2. The van der Waals surface area contributed by atoms with Gasteiger partial charge in [-0.15, -0.1) is 0 Å². The molecule has 0 amide bonds. The lowest BCUT2D eigenvalue weighted by atomic mass is 10.2. The largest absolute Gasteiger partial charge is 0.281 e. The minimum absolute atomic E-state index is 0.00285. The molecule has 1 aliphatic heterocycles. The molecule has 0 radical (unpaired) electrons. The number of piperidine rings is 1. The van der Waals surface area contributed by atoms with Crippen molar-refractivity contribution < 1.29 is 8.42 Å². The summed E-state index contributed by atoms with van der Waals surface area (Å²) in [6.45, 7) is 3.24. The van der Waals surface area contributed by atoms with E-state index in [0.717, 1.165) is 19.3 Å². The van der Waals surface area contributed by atoms with Gasteiger partial charge in [-0.3, -0.25) is 0 Å². The number of hydrogen-bond donors (Lipinski definition) is 0. The highest BCUT2D eigenvalue weighted by atomic mass is 79.9. The van der Waals surface area contributed by atoms with Gasteiger partial charge in [0.05, 0.1) is 0 Å². The molecule has 0 bridgehead atoms. The zero-order chi connectivity index (χ0) is 11.5. The first kappa shape index (κ1) is 13.4. The highest BCUT2D eigenvalue weighted by molar-refractivity contribution is 9.09. The van der Waals surface area contributed by atoms with E-state index in [1.54, 1.807) is 11.4 Å². The Balaban J connectivity index is 2.72. The molecule has 4 nitrogen and oxygen atoms in total. The van der Waals surface area contributed by atoms with Gasteiger partial charge < -0.3 is 0 Å². The predicted molar refractivity (Wildman–Crippen MR) is 65.4 cm³/mol. The third kappa shape index (κ3) is 3.15. The maximum atomic E-state index is 12.1. The fraction of sp³-hybridized carbons (Fsp3) is 1.00. The van der Waals surface area contributed by atoms with Gasteiger partial charge in [0.1, 0.15) is 0 Å². The molecule has 1 heterocycles. The highest BCUT2D eigenvalue weighted by Crippen LogP contribution is 2.17. The molecule has 1 atom stereocenters. The van der Waals surface area contributed by atoms with Crippen LogP contribution in [0.15, 0.2) is 0 Å². The van der Waals surface area contributed by atoms with Crippen LogP contribution in [0.3, 0.4) is 0 Å². The Morgan fingerprint density at radius 2 is 1.87 bits per heavy atom. The number of alkyl halides is 1. The maximum absolute atomic E-state index is 12.1. The van der Waals surface area contributed by atoms with Gasteiger partial charge in [0, 0.05) is 31.5 Å². The summed E-state index contributed by atoms with van der Waals surface area (Å²) in [5, 5.41) is 0.663. The van der Waals surface area contributed by atoms with E-state index in [-0.39, 0.29) is 6.04 Å². The van der Waals surface area contributed by atoms with Gasteiger partial charge in [-0.05, 0) is 19.8 Å². The minimum atomic E-state index is -3.24.